The number of anilines is 1. The zero-order chi connectivity index (χ0) is 14.8. The van der Waals surface area contributed by atoms with Crippen LogP contribution in [-0.4, -0.2) is 17.5 Å². The molecule has 1 aromatic heterocycles. The van der Waals surface area contributed by atoms with Crippen molar-refractivity contribution in [1.29, 1.82) is 0 Å². The Hall–Kier alpha value is -2.36. The van der Waals surface area contributed by atoms with Crippen molar-refractivity contribution in [3.8, 4) is 0 Å². The molecule has 0 fully saturated rings. The van der Waals surface area contributed by atoms with Gasteiger partial charge in [-0.3, -0.25) is 9.98 Å². The molecule has 0 spiro atoms. The van der Waals surface area contributed by atoms with Crippen LogP contribution in [-0.2, 0) is 12.8 Å². The maximum Gasteiger partial charge on any atom is 0.196 e. The van der Waals surface area contributed by atoms with E-state index in [-0.39, 0.29) is 0 Å². The zero-order valence-corrected chi connectivity index (χ0v) is 12.5. The molecule has 4 heteroatoms. The van der Waals surface area contributed by atoms with E-state index < -0.39 is 0 Å². The molecule has 1 atom stereocenters. The SMILES string of the molecule is c1ccc(CCN=C2Nc3cccc4c3C(CCC4)N2)nc1. The molecule has 4 rings (SSSR count). The van der Waals surface area contributed by atoms with Crippen molar-refractivity contribution in [2.75, 3.05) is 11.9 Å². The van der Waals surface area contributed by atoms with Crippen LogP contribution < -0.4 is 10.6 Å². The second-order valence-corrected chi connectivity index (χ2v) is 5.89. The van der Waals surface area contributed by atoms with Gasteiger partial charge in [-0.05, 0) is 43.0 Å². The molecular weight excluding hydrogens is 272 g/mol. The van der Waals surface area contributed by atoms with Gasteiger partial charge in [0.05, 0.1) is 6.04 Å². The lowest BCUT2D eigenvalue weighted by Gasteiger charge is -2.34. The van der Waals surface area contributed by atoms with Crippen LogP contribution in [0.1, 0.15) is 35.7 Å². The number of nitrogens with zero attached hydrogens (tertiary/aromatic N) is 2. The van der Waals surface area contributed by atoms with Crippen molar-refractivity contribution in [3.63, 3.8) is 0 Å². The highest BCUT2D eigenvalue weighted by molar-refractivity contribution is 5.97. The molecule has 4 nitrogen and oxygen atoms in total. The lowest BCUT2D eigenvalue weighted by atomic mass is 9.85. The van der Waals surface area contributed by atoms with Crippen molar-refractivity contribution in [2.24, 2.45) is 4.99 Å². The smallest absolute Gasteiger partial charge is 0.196 e. The van der Waals surface area contributed by atoms with E-state index >= 15 is 0 Å². The molecule has 1 aliphatic heterocycles. The molecule has 112 valence electrons. The molecule has 1 aliphatic carbocycles. The highest BCUT2D eigenvalue weighted by Crippen LogP contribution is 2.37. The van der Waals surface area contributed by atoms with E-state index in [2.05, 4.69) is 38.8 Å². The second kappa shape index (κ2) is 5.79. The summed E-state index contributed by atoms with van der Waals surface area (Å²) in [5, 5.41) is 7.00. The summed E-state index contributed by atoms with van der Waals surface area (Å²) >= 11 is 0. The molecule has 2 aliphatic rings. The van der Waals surface area contributed by atoms with Gasteiger partial charge in [0.15, 0.2) is 5.96 Å². The summed E-state index contributed by atoms with van der Waals surface area (Å²) in [5.74, 6) is 0.896. The second-order valence-electron chi connectivity index (χ2n) is 5.89. The van der Waals surface area contributed by atoms with Gasteiger partial charge in [0.1, 0.15) is 0 Å². The summed E-state index contributed by atoms with van der Waals surface area (Å²) in [7, 11) is 0. The minimum atomic E-state index is 0.412. The molecule has 2 N–H and O–H groups in total. The number of pyridine rings is 1. The highest BCUT2D eigenvalue weighted by Gasteiger charge is 2.27. The minimum Gasteiger partial charge on any atom is -0.349 e. The summed E-state index contributed by atoms with van der Waals surface area (Å²) in [4.78, 5) is 9.02. The van der Waals surface area contributed by atoms with Crippen LogP contribution in [0, 0.1) is 0 Å². The van der Waals surface area contributed by atoms with Gasteiger partial charge in [0, 0.05) is 36.1 Å². The molecular formula is C18H20N4. The average Bonchev–Trinajstić information content (AvgIpc) is 2.56. The molecule has 2 heterocycles. The van der Waals surface area contributed by atoms with Gasteiger partial charge in [0.2, 0.25) is 0 Å². The van der Waals surface area contributed by atoms with Crippen molar-refractivity contribution in [3.05, 3.63) is 59.4 Å². The van der Waals surface area contributed by atoms with Gasteiger partial charge in [-0.25, -0.2) is 0 Å². The quantitative estimate of drug-likeness (QED) is 0.914. The Bertz CT molecular complexity index is 693. The summed E-state index contributed by atoms with van der Waals surface area (Å²) in [5.41, 5.74) is 5.22. The third kappa shape index (κ3) is 2.56. The Morgan fingerprint density at radius 3 is 3.09 bits per heavy atom. The van der Waals surface area contributed by atoms with Crippen LogP contribution in [0.3, 0.4) is 0 Å². The number of hydrogen-bond donors (Lipinski definition) is 2. The Labute approximate surface area is 130 Å². The van der Waals surface area contributed by atoms with Crippen molar-refractivity contribution >= 4 is 11.6 Å². The largest absolute Gasteiger partial charge is 0.349 e. The van der Waals surface area contributed by atoms with E-state index in [9.17, 15) is 0 Å². The molecule has 0 saturated carbocycles. The Kier molecular flexibility index (Phi) is 3.51. The Morgan fingerprint density at radius 2 is 2.18 bits per heavy atom. The number of rotatable bonds is 3. The lowest BCUT2D eigenvalue weighted by molar-refractivity contribution is 0.521. The van der Waals surface area contributed by atoms with E-state index in [1.807, 2.05) is 24.4 Å². The maximum absolute atomic E-state index is 4.68. The first kappa shape index (κ1) is 13.3. The van der Waals surface area contributed by atoms with Gasteiger partial charge in [-0.2, -0.15) is 0 Å². The fraction of sp³-hybridized carbons (Fsp3) is 0.333. The molecule has 2 aromatic rings. The van der Waals surface area contributed by atoms with Crippen LogP contribution in [0.25, 0.3) is 0 Å². The number of nitrogens with one attached hydrogen (secondary N) is 2. The Balaban J connectivity index is 1.50. The molecule has 0 radical (unpaired) electrons. The monoisotopic (exact) mass is 292 g/mol. The molecule has 22 heavy (non-hydrogen) atoms. The first-order chi connectivity index (χ1) is 10.9. The fourth-order valence-corrected chi connectivity index (χ4v) is 3.38. The average molecular weight is 292 g/mol. The predicted octanol–water partition coefficient (Wildman–Crippen LogP) is 3.07. The van der Waals surface area contributed by atoms with E-state index in [1.165, 1.54) is 36.1 Å². The molecule has 0 amide bonds. The number of aliphatic imine (C=N–C) groups is 1. The maximum atomic E-state index is 4.68. The van der Waals surface area contributed by atoms with E-state index in [0.717, 1.165) is 24.6 Å². The van der Waals surface area contributed by atoms with Crippen LogP contribution in [0.4, 0.5) is 5.69 Å². The highest BCUT2D eigenvalue weighted by atomic mass is 15.2. The summed E-state index contributed by atoms with van der Waals surface area (Å²) in [6.45, 7) is 0.744. The van der Waals surface area contributed by atoms with Crippen LogP contribution in [0.5, 0.6) is 0 Å². The van der Waals surface area contributed by atoms with Crippen LogP contribution in [0.2, 0.25) is 0 Å². The van der Waals surface area contributed by atoms with Crippen LogP contribution in [0.15, 0.2) is 47.6 Å². The summed E-state index contributed by atoms with van der Waals surface area (Å²) in [6.07, 6.45) is 6.32. The van der Waals surface area contributed by atoms with Crippen molar-refractivity contribution < 1.29 is 0 Å². The molecule has 0 bridgehead atoms. The van der Waals surface area contributed by atoms with E-state index in [4.69, 9.17) is 0 Å². The first-order valence-electron chi connectivity index (χ1n) is 8.00. The zero-order valence-electron chi connectivity index (χ0n) is 12.5. The fourth-order valence-electron chi connectivity index (χ4n) is 3.38. The van der Waals surface area contributed by atoms with Gasteiger partial charge < -0.3 is 10.6 Å². The van der Waals surface area contributed by atoms with E-state index in [1.54, 1.807) is 0 Å². The third-order valence-electron chi connectivity index (χ3n) is 4.41. The number of aromatic nitrogens is 1. The van der Waals surface area contributed by atoms with Gasteiger partial charge >= 0.3 is 0 Å². The minimum absolute atomic E-state index is 0.412. The summed E-state index contributed by atoms with van der Waals surface area (Å²) in [6, 6.07) is 13.0. The lowest BCUT2D eigenvalue weighted by Crippen LogP contribution is -2.41. The molecule has 0 saturated heterocycles. The van der Waals surface area contributed by atoms with Gasteiger partial charge in [-0.15, -0.1) is 0 Å². The standard InChI is InChI=1S/C18H20N4/c1-2-11-19-14(7-1)10-12-20-18-21-15-8-3-5-13-6-4-9-16(22-18)17(13)15/h1-3,5,7-8,11,16H,4,6,9-10,12H2,(H2,20,21,22). The van der Waals surface area contributed by atoms with E-state index in [0.29, 0.717) is 6.04 Å². The normalized spacial score (nSPS) is 20.9. The Morgan fingerprint density at radius 1 is 1.18 bits per heavy atom. The molecule has 1 unspecified atom stereocenters. The summed E-state index contributed by atoms with van der Waals surface area (Å²) < 4.78 is 0. The number of hydrogen-bond acceptors (Lipinski definition) is 2. The number of benzene rings is 1. The third-order valence-corrected chi connectivity index (χ3v) is 4.41. The van der Waals surface area contributed by atoms with Crippen LogP contribution >= 0.6 is 0 Å². The van der Waals surface area contributed by atoms with Gasteiger partial charge in [-0.1, -0.05) is 18.2 Å². The van der Waals surface area contributed by atoms with Crippen molar-refractivity contribution in [1.82, 2.24) is 10.3 Å². The van der Waals surface area contributed by atoms with Gasteiger partial charge in [0.25, 0.3) is 0 Å². The number of guanidine groups is 1. The molecule has 1 aromatic carbocycles. The first-order valence-corrected chi connectivity index (χ1v) is 8.00. The number of aryl methyl sites for hydroxylation is 1. The van der Waals surface area contributed by atoms with Crippen molar-refractivity contribution in [2.45, 2.75) is 31.7 Å². The predicted molar refractivity (Wildman–Crippen MR) is 89.1 cm³/mol. The topological polar surface area (TPSA) is 49.3 Å².